The zero-order chi connectivity index (χ0) is 14.6. The zero-order valence-corrected chi connectivity index (χ0v) is 13.1. The molecule has 0 radical (unpaired) electrons. The summed E-state index contributed by atoms with van der Waals surface area (Å²) in [5, 5.41) is 0. The fraction of sp³-hybridized carbons (Fsp3) is 0.714. The first kappa shape index (κ1) is 15.7. The smallest absolute Gasteiger partial charge is 0.134 e. The molecule has 0 unspecified atom stereocenters. The number of rotatable bonds is 5. The summed E-state index contributed by atoms with van der Waals surface area (Å²) in [6.07, 6.45) is 0.962. The standard InChI is InChI=1S/C14H27N5/c1-11-16-12(18(5)9-7-8-15)10-13(17-11)19(6)14(2,3)4/h10H,7-9,15H2,1-6H3. The Labute approximate surface area is 116 Å². The van der Waals surface area contributed by atoms with Crippen LogP contribution in [0.25, 0.3) is 0 Å². The van der Waals surface area contributed by atoms with E-state index in [0.29, 0.717) is 6.54 Å². The van der Waals surface area contributed by atoms with Gasteiger partial charge in [0.1, 0.15) is 17.5 Å². The quantitative estimate of drug-likeness (QED) is 0.880. The lowest BCUT2D eigenvalue weighted by molar-refractivity contribution is 0.533. The minimum Gasteiger partial charge on any atom is -0.359 e. The number of nitrogens with zero attached hydrogens (tertiary/aromatic N) is 4. The van der Waals surface area contributed by atoms with Crippen LogP contribution in [0, 0.1) is 6.92 Å². The molecule has 0 aromatic carbocycles. The molecule has 2 N–H and O–H groups in total. The van der Waals surface area contributed by atoms with Crippen LogP contribution in [0.15, 0.2) is 6.07 Å². The van der Waals surface area contributed by atoms with Crippen LogP contribution in [-0.2, 0) is 0 Å². The molecule has 0 atom stereocenters. The van der Waals surface area contributed by atoms with Crippen LogP contribution in [0.3, 0.4) is 0 Å². The highest BCUT2D eigenvalue weighted by Gasteiger charge is 2.20. The van der Waals surface area contributed by atoms with Crippen molar-refractivity contribution in [3.63, 3.8) is 0 Å². The molecule has 0 fully saturated rings. The van der Waals surface area contributed by atoms with E-state index in [1.54, 1.807) is 0 Å². The second kappa shape index (κ2) is 6.19. The van der Waals surface area contributed by atoms with Crippen molar-refractivity contribution in [1.29, 1.82) is 0 Å². The first-order valence-electron chi connectivity index (χ1n) is 6.76. The molecule has 0 aliphatic rings. The van der Waals surface area contributed by atoms with Gasteiger partial charge in [-0.05, 0) is 40.7 Å². The topological polar surface area (TPSA) is 58.3 Å². The summed E-state index contributed by atoms with van der Waals surface area (Å²) in [5.74, 6) is 2.70. The van der Waals surface area contributed by atoms with E-state index in [0.717, 1.165) is 30.4 Å². The van der Waals surface area contributed by atoms with Crippen LogP contribution < -0.4 is 15.5 Å². The van der Waals surface area contributed by atoms with Crippen LogP contribution in [0.2, 0.25) is 0 Å². The van der Waals surface area contributed by atoms with Gasteiger partial charge in [0.25, 0.3) is 0 Å². The van der Waals surface area contributed by atoms with E-state index in [-0.39, 0.29) is 5.54 Å². The first-order chi connectivity index (χ1) is 8.75. The maximum absolute atomic E-state index is 5.55. The SMILES string of the molecule is Cc1nc(N(C)CCCN)cc(N(C)C(C)(C)C)n1. The van der Waals surface area contributed by atoms with Gasteiger partial charge in [-0.15, -0.1) is 0 Å². The molecule has 108 valence electrons. The van der Waals surface area contributed by atoms with Crippen LogP contribution in [0.5, 0.6) is 0 Å². The van der Waals surface area contributed by atoms with Gasteiger partial charge < -0.3 is 15.5 Å². The molecule has 1 rings (SSSR count). The molecule has 0 saturated heterocycles. The molecular formula is C14H27N5. The molecule has 0 bridgehead atoms. The molecule has 0 amide bonds. The highest BCUT2D eigenvalue weighted by Crippen LogP contribution is 2.23. The van der Waals surface area contributed by atoms with E-state index in [9.17, 15) is 0 Å². The number of nitrogens with two attached hydrogens (primary N) is 1. The third kappa shape index (κ3) is 4.35. The van der Waals surface area contributed by atoms with Gasteiger partial charge in [0.2, 0.25) is 0 Å². The van der Waals surface area contributed by atoms with E-state index >= 15 is 0 Å². The monoisotopic (exact) mass is 265 g/mol. The van der Waals surface area contributed by atoms with Crippen molar-refractivity contribution in [3.05, 3.63) is 11.9 Å². The van der Waals surface area contributed by atoms with E-state index < -0.39 is 0 Å². The predicted molar refractivity (Wildman–Crippen MR) is 81.9 cm³/mol. The predicted octanol–water partition coefficient (Wildman–Crippen LogP) is 1.80. The van der Waals surface area contributed by atoms with Gasteiger partial charge >= 0.3 is 0 Å². The average Bonchev–Trinajstić information content (AvgIpc) is 2.33. The van der Waals surface area contributed by atoms with Crippen molar-refractivity contribution in [1.82, 2.24) is 9.97 Å². The molecule has 1 aromatic rings. The Morgan fingerprint density at radius 3 is 2.26 bits per heavy atom. The normalized spacial score (nSPS) is 11.5. The number of aromatic nitrogens is 2. The van der Waals surface area contributed by atoms with Crippen molar-refractivity contribution >= 4 is 11.6 Å². The number of aryl methyl sites for hydroxylation is 1. The fourth-order valence-corrected chi connectivity index (χ4v) is 1.69. The number of hydrogen-bond acceptors (Lipinski definition) is 5. The Hall–Kier alpha value is -1.36. The molecule has 5 nitrogen and oxygen atoms in total. The third-order valence-corrected chi connectivity index (χ3v) is 3.25. The molecule has 0 saturated carbocycles. The lowest BCUT2D eigenvalue weighted by Gasteiger charge is -2.33. The summed E-state index contributed by atoms with van der Waals surface area (Å²) in [5.41, 5.74) is 5.59. The average molecular weight is 265 g/mol. The summed E-state index contributed by atoms with van der Waals surface area (Å²) in [4.78, 5) is 13.3. The molecule has 5 heteroatoms. The van der Waals surface area contributed by atoms with Gasteiger partial charge in [0, 0.05) is 32.2 Å². The number of anilines is 2. The Kier molecular flexibility index (Phi) is 5.11. The highest BCUT2D eigenvalue weighted by atomic mass is 15.2. The van der Waals surface area contributed by atoms with Gasteiger partial charge in [-0.25, -0.2) is 9.97 Å². The van der Waals surface area contributed by atoms with E-state index in [4.69, 9.17) is 5.73 Å². The largest absolute Gasteiger partial charge is 0.359 e. The molecular weight excluding hydrogens is 238 g/mol. The fourth-order valence-electron chi connectivity index (χ4n) is 1.69. The maximum atomic E-state index is 5.55. The molecule has 1 aromatic heterocycles. The van der Waals surface area contributed by atoms with Crippen molar-refractivity contribution in [2.45, 2.75) is 39.7 Å². The van der Waals surface area contributed by atoms with Crippen molar-refractivity contribution < 1.29 is 0 Å². The number of hydrogen-bond donors (Lipinski definition) is 1. The van der Waals surface area contributed by atoms with Crippen molar-refractivity contribution in [3.8, 4) is 0 Å². The molecule has 19 heavy (non-hydrogen) atoms. The lowest BCUT2D eigenvalue weighted by Crippen LogP contribution is -2.39. The second-order valence-electron chi connectivity index (χ2n) is 5.93. The van der Waals surface area contributed by atoms with Gasteiger partial charge in [-0.1, -0.05) is 0 Å². The molecule has 0 aliphatic heterocycles. The minimum absolute atomic E-state index is 0.0356. The Balaban J connectivity index is 3.00. The van der Waals surface area contributed by atoms with Crippen molar-refractivity contribution in [2.75, 3.05) is 37.0 Å². The minimum atomic E-state index is 0.0356. The van der Waals surface area contributed by atoms with Crippen LogP contribution in [0.1, 0.15) is 33.0 Å². The van der Waals surface area contributed by atoms with Gasteiger partial charge in [-0.2, -0.15) is 0 Å². The second-order valence-corrected chi connectivity index (χ2v) is 5.93. The molecule has 0 spiro atoms. The molecule has 0 aliphatic carbocycles. The van der Waals surface area contributed by atoms with Crippen molar-refractivity contribution in [2.24, 2.45) is 5.73 Å². The summed E-state index contributed by atoms with van der Waals surface area (Å²) in [6.45, 7) is 10.0. The van der Waals surface area contributed by atoms with E-state index in [1.807, 2.05) is 20.0 Å². The van der Waals surface area contributed by atoms with Crippen LogP contribution in [-0.4, -0.2) is 42.7 Å². The molecule has 1 heterocycles. The highest BCUT2D eigenvalue weighted by molar-refractivity contribution is 5.51. The van der Waals surface area contributed by atoms with Gasteiger partial charge in [0.05, 0.1) is 0 Å². The Morgan fingerprint density at radius 2 is 1.74 bits per heavy atom. The summed E-state index contributed by atoms with van der Waals surface area (Å²) in [7, 11) is 4.10. The summed E-state index contributed by atoms with van der Waals surface area (Å²) < 4.78 is 0. The summed E-state index contributed by atoms with van der Waals surface area (Å²) in [6, 6.07) is 2.04. The Morgan fingerprint density at radius 1 is 1.16 bits per heavy atom. The zero-order valence-electron chi connectivity index (χ0n) is 13.1. The van der Waals surface area contributed by atoms with Gasteiger partial charge in [0.15, 0.2) is 0 Å². The van der Waals surface area contributed by atoms with Crippen LogP contribution >= 0.6 is 0 Å². The maximum Gasteiger partial charge on any atom is 0.134 e. The van der Waals surface area contributed by atoms with Gasteiger partial charge in [-0.3, -0.25) is 0 Å². The van der Waals surface area contributed by atoms with Crippen LogP contribution in [0.4, 0.5) is 11.6 Å². The first-order valence-corrected chi connectivity index (χ1v) is 6.76. The Bertz CT molecular complexity index is 411. The summed E-state index contributed by atoms with van der Waals surface area (Å²) >= 11 is 0. The van der Waals surface area contributed by atoms with E-state index in [2.05, 4.69) is 47.6 Å². The van der Waals surface area contributed by atoms with E-state index in [1.165, 1.54) is 0 Å². The lowest BCUT2D eigenvalue weighted by atomic mass is 10.1. The third-order valence-electron chi connectivity index (χ3n) is 3.25.